The van der Waals surface area contributed by atoms with Gasteiger partial charge < -0.3 is 14.9 Å². The molecular formula is C19H26N2O3. The summed E-state index contributed by atoms with van der Waals surface area (Å²) in [6.07, 6.45) is 1.90. The van der Waals surface area contributed by atoms with E-state index >= 15 is 0 Å². The number of aliphatic hydroxyl groups is 1. The highest BCUT2D eigenvalue weighted by Gasteiger charge is 2.44. The number of carbonyl (C=O) groups excluding carboxylic acids is 2. The van der Waals surface area contributed by atoms with Crippen LogP contribution in [0.25, 0.3) is 0 Å². The van der Waals surface area contributed by atoms with Gasteiger partial charge in [-0.25, -0.2) is 0 Å². The van der Waals surface area contributed by atoms with Gasteiger partial charge >= 0.3 is 0 Å². The largest absolute Gasteiger partial charge is 0.378 e. The minimum absolute atomic E-state index is 0.0869. The molecule has 0 saturated carbocycles. The van der Waals surface area contributed by atoms with Gasteiger partial charge in [-0.1, -0.05) is 17.7 Å². The minimum atomic E-state index is -1.44. The first-order chi connectivity index (χ1) is 11.3. The summed E-state index contributed by atoms with van der Waals surface area (Å²) in [5.41, 5.74) is 3.52. The zero-order valence-electron chi connectivity index (χ0n) is 14.8. The quantitative estimate of drug-likeness (QED) is 0.850. The molecule has 0 radical (unpaired) electrons. The number of hydrogen-bond donors (Lipinski definition) is 1. The van der Waals surface area contributed by atoms with Crippen LogP contribution in [0.3, 0.4) is 0 Å². The van der Waals surface area contributed by atoms with E-state index in [0.717, 1.165) is 6.42 Å². The summed E-state index contributed by atoms with van der Waals surface area (Å²) in [6.45, 7) is 7.55. The van der Waals surface area contributed by atoms with Crippen molar-refractivity contribution in [3.63, 3.8) is 0 Å². The molecule has 1 aromatic rings. The van der Waals surface area contributed by atoms with Gasteiger partial charge in [-0.3, -0.25) is 9.59 Å². The number of hydrogen-bond acceptors (Lipinski definition) is 3. The lowest BCUT2D eigenvalue weighted by atomic mass is 9.88. The van der Waals surface area contributed by atoms with Gasteiger partial charge in [-0.15, -0.1) is 0 Å². The number of piperidine rings is 1. The van der Waals surface area contributed by atoms with Gasteiger partial charge in [-0.2, -0.15) is 0 Å². The molecule has 0 spiro atoms. The fourth-order valence-electron chi connectivity index (χ4n) is 4.06. The second-order valence-electron chi connectivity index (χ2n) is 7.27. The zero-order chi connectivity index (χ0) is 17.5. The monoisotopic (exact) mass is 330 g/mol. The maximum atomic E-state index is 13.0. The van der Waals surface area contributed by atoms with E-state index in [2.05, 4.69) is 26.0 Å². The van der Waals surface area contributed by atoms with Gasteiger partial charge in [0.15, 0.2) is 5.60 Å². The number of likely N-dealkylation sites (tertiary alicyclic amines) is 1. The fourth-order valence-corrected chi connectivity index (χ4v) is 4.06. The molecule has 0 aromatic heterocycles. The lowest BCUT2D eigenvalue weighted by Crippen LogP contribution is -2.59. The van der Waals surface area contributed by atoms with Crippen molar-refractivity contribution in [3.05, 3.63) is 34.4 Å². The first-order valence-corrected chi connectivity index (χ1v) is 8.66. The average Bonchev–Trinajstić information content (AvgIpc) is 2.53. The van der Waals surface area contributed by atoms with Crippen molar-refractivity contribution in [2.75, 3.05) is 19.6 Å². The highest BCUT2D eigenvalue weighted by atomic mass is 16.3. The van der Waals surface area contributed by atoms with Crippen LogP contribution in [0.2, 0.25) is 0 Å². The molecule has 1 fully saturated rings. The second-order valence-corrected chi connectivity index (χ2v) is 7.27. The number of nitrogens with zero attached hydrogens (tertiary/aromatic N) is 2. The molecule has 2 aliphatic heterocycles. The third-order valence-corrected chi connectivity index (χ3v) is 5.30. The van der Waals surface area contributed by atoms with Crippen LogP contribution >= 0.6 is 0 Å². The molecule has 5 nitrogen and oxygen atoms in total. The SMILES string of the molecule is CC(=O)N1CCC[C@@](O)(C(=O)N2CCc3c(C)cc(C)cc3C2)C1. The molecule has 2 heterocycles. The Balaban J connectivity index is 1.79. The summed E-state index contributed by atoms with van der Waals surface area (Å²) in [5.74, 6) is -0.325. The average molecular weight is 330 g/mol. The summed E-state index contributed by atoms with van der Waals surface area (Å²) < 4.78 is 0. The first kappa shape index (κ1) is 17.0. The van der Waals surface area contributed by atoms with Crippen LogP contribution in [-0.4, -0.2) is 52.0 Å². The van der Waals surface area contributed by atoms with Gasteiger partial charge in [-0.05, 0) is 49.8 Å². The number of carbonyl (C=O) groups is 2. The molecule has 130 valence electrons. The van der Waals surface area contributed by atoms with Crippen molar-refractivity contribution in [2.45, 2.75) is 52.2 Å². The topological polar surface area (TPSA) is 60.9 Å². The standard InChI is InChI=1S/C19H26N2O3/c1-13-9-14(2)17-5-8-20(11-16(17)10-13)18(23)19(24)6-4-7-21(12-19)15(3)22/h9-10,24H,4-8,11-12H2,1-3H3/t19-/m0/s1. The summed E-state index contributed by atoms with van der Waals surface area (Å²) in [5, 5.41) is 10.9. The molecule has 5 heteroatoms. The molecule has 0 aliphatic carbocycles. The summed E-state index contributed by atoms with van der Waals surface area (Å²) in [7, 11) is 0. The van der Waals surface area contributed by atoms with Gasteiger partial charge in [0.1, 0.15) is 0 Å². The highest BCUT2D eigenvalue weighted by Crippen LogP contribution is 2.29. The van der Waals surface area contributed by atoms with Crippen LogP contribution in [0.15, 0.2) is 12.1 Å². The molecule has 0 unspecified atom stereocenters. The molecule has 0 bridgehead atoms. The van der Waals surface area contributed by atoms with Crippen molar-refractivity contribution in [1.29, 1.82) is 0 Å². The number of fused-ring (bicyclic) bond motifs is 1. The van der Waals surface area contributed by atoms with Gasteiger partial charge in [0.2, 0.25) is 5.91 Å². The molecule has 2 aliphatic rings. The van der Waals surface area contributed by atoms with Crippen molar-refractivity contribution >= 4 is 11.8 Å². The highest BCUT2D eigenvalue weighted by molar-refractivity contribution is 5.86. The Labute approximate surface area is 143 Å². The van der Waals surface area contributed by atoms with E-state index in [9.17, 15) is 14.7 Å². The number of β-amino-alcohol motifs (C(OH)–C–C–N with tert-alkyl or cyclic N) is 1. The Morgan fingerprint density at radius 1 is 1.17 bits per heavy atom. The molecule has 1 N–H and O–H groups in total. The van der Waals surface area contributed by atoms with E-state index in [4.69, 9.17) is 0 Å². The van der Waals surface area contributed by atoms with E-state index in [1.165, 1.54) is 29.2 Å². The number of benzene rings is 1. The normalized spacial score (nSPS) is 23.8. The van der Waals surface area contributed by atoms with E-state index in [0.29, 0.717) is 32.5 Å². The minimum Gasteiger partial charge on any atom is -0.378 e. The summed E-state index contributed by atoms with van der Waals surface area (Å²) >= 11 is 0. The molecule has 3 rings (SSSR count). The predicted octanol–water partition coefficient (Wildman–Crippen LogP) is 1.56. The third-order valence-electron chi connectivity index (χ3n) is 5.30. The Bertz CT molecular complexity index is 685. The van der Waals surface area contributed by atoms with Crippen molar-refractivity contribution in [2.24, 2.45) is 0 Å². The molecular weight excluding hydrogens is 304 g/mol. The smallest absolute Gasteiger partial charge is 0.256 e. The fraction of sp³-hybridized carbons (Fsp3) is 0.579. The second kappa shape index (κ2) is 6.20. The lowest BCUT2D eigenvalue weighted by Gasteiger charge is -2.41. The molecule has 1 atom stereocenters. The van der Waals surface area contributed by atoms with Crippen LogP contribution in [0, 0.1) is 13.8 Å². The van der Waals surface area contributed by atoms with Gasteiger partial charge in [0.25, 0.3) is 5.91 Å². The maximum Gasteiger partial charge on any atom is 0.256 e. The first-order valence-electron chi connectivity index (χ1n) is 8.66. The Hall–Kier alpha value is -1.88. The van der Waals surface area contributed by atoms with Crippen LogP contribution < -0.4 is 0 Å². The zero-order valence-corrected chi connectivity index (χ0v) is 14.8. The molecule has 24 heavy (non-hydrogen) atoms. The Kier molecular flexibility index (Phi) is 4.38. The third kappa shape index (κ3) is 3.05. The molecule has 2 amide bonds. The van der Waals surface area contributed by atoms with Crippen molar-refractivity contribution in [3.8, 4) is 0 Å². The Morgan fingerprint density at radius 2 is 1.92 bits per heavy atom. The van der Waals surface area contributed by atoms with Crippen molar-refractivity contribution < 1.29 is 14.7 Å². The van der Waals surface area contributed by atoms with Crippen LogP contribution in [0.4, 0.5) is 0 Å². The maximum absolute atomic E-state index is 13.0. The molecule has 1 saturated heterocycles. The van der Waals surface area contributed by atoms with E-state index in [1.807, 2.05) is 0 Å². The van der Waals surface area contributed by atoms with Crippen molar-refractivity contribution in [1.82, 2.24) is 9.80 Å². The van der Waals surface area contributed by atoms with E-state index in [1.54, 1.807) is 9.80 Å². The summed E-state index contributed by atoms with van der Waals surface area (Å²) in [6, 6.07) is 4.31. The van der Waals surface area contributed by atoms with Crippen LogP contribution in [0.1, 0.15) is 42.0 Å². The number of rotatable bonds is 1. The lowest BCUT2D eigenvalue weighted by molar-refractivity contribution is -0.160. The number of amides is 2. The van der Waals surface area contributed by atoms with Gasteiger partial charge in [0, 0.05) is 26.6 Å². The number of aryl methyl sites for hydroxylation is 2. The predicted molar refractivity (Wildman–Crippen MR) is 91.5 cm³/mol. The summed E-state index contributed by atoms with van der Waals surface area (Å²) in [4.78, 5) is 27.9. The molecule has 1 aromatic carbocycles. The Morgan fingerprint density at radius 3 is 2.62 bits per heavy atom. The van der Waals surface area contributed by atoms with Gasteiger partial charge in [0.05, 0.1) is 6.54 Å². The van der Waals surface area contributed by atoms with E-state index < -0.39 is 5.60 Å². The van der Waals surface area contributed by atoms with Crippen LogP contribution in [0.5, 0.6) is 0 Å². The van der Waals surface area contributed by atoms with Crippen LogP contribution in [-0.2, 0) is 22.6 Å². The van der Waals surface area contributed by atoms with E-state index in [-0.39, 0.29) is 18.4 Å².